The molecule has 0 heterocycles. The Hall–Kier alpha value is 0.236. The van der Waals surface area contributed by atoms with E-state index in [0.29, 0.717) is 12.3 Å². The van der Waals surface area contributed by atoms with E-state index < -0.39 is 5.97 Å². The van der Waals surface area contributed by atoms with Crippen LogP contribution in [0.2, 0.25) is 0 Å². The molecule has 0 aromatic heterocycles. The van der Waals surface area contributed by atoms with Crippen molar-refractivity contribution in [3.8, 4) is 0 Å². The Labute approximate surface area is 86.5 Å². The first kappa shape index (κ1) is 11.2. The van der Waals surface area contributed by atoms with E-state index in [1.54, 1.807) is 0 Å². The summed E-state index contributed by atoms with van der Waals surface area (Å²) in [6, 6.07) is 0. The molecule has 0 aromatic rings. The molecule has 1 aliphatic carbocycles. The van der Waals surface area contributed by atoms with E-state index in [4.69, 9.17) is 5.11 Å². The molecule has 0 unspecified atom stereocenters. The summed E-state index contributed by atoms with van der Waals surface area (Å²) in [7, 11) is 0. The van der Waals surface area contributed by atoms with Gasteiger partial charge in [0, 0.05) is 6.42 Å². The van der Waals surface area contributed by atoms with E-state index in [9.17, 15) is 4.79 Å². The van der Waals surface area contributed by atoms with Crippen LogP contribution in [0, 0.1) is 5.92 Å². The molecule has 0 radical (unpaired) electrons. The average Bonchev–Trinajstić information content (AvgIpc) is 1.88. The summed E-state index contributed by atoms with van der Waals surface area (Å²) in [5, 5.41) is 8.47. The largest absolute Gasteiger partial charge is 2.00 e. The van der Waals surface area contributed by atoms with E-state index in [1.807, 2.05) is 0 Å². The van der Waals surface area contributed by atoms with Crippen LogP contribution in [0.5, 0.6) is 0 Å². The van der Waals surface area contributed by atoms with E-state index in [0.717, 1.165) is 12.8 Å². The fraction of sp³-hybridized carbons (Fsp3) is 0.875. The zero-order valence-electron chi connectivity index (χ0n) is 8.88. The van der Waals surface area contributed by atoms with E-state index >= 15 is 0 Å². The molecule has 1 N–H and O–H groups in total. The van der Waals surface area contributed by atoms with Crippen LogP contribution in [0.25, 0.3) is 0 Å². The van der Waals surface area contributed by atoms with Crippen LogP contribution in [-0.2, 0) is 4.79 Å². The van der Waals surface area contributed by atoms with Gasteiger partial charge in [-0.2, -0.15) is 0 Å². The quantitative estimate of drug-likeness (QED) is 0.640. The van der Waals surface area contributed by atoms with Gasteiger partial charge in [0.2, 0.25) is 0 Å². The molecule has 0 bridgehead atoms. The van der Waals surface area contributed by atoms with Gasteiger partial charge in [-0.15, -0.1) is 0 Å². The summed E-state index contributed by atoms with van der Waals surface area (Å²) < 4.78 is 0. The number of rotatable bonds is 2. The fourth-order valence-corrected chi connectivity index (χ4v) is 1.64. The average molecular weight is 169 g/mol. The molecule has 1 rings (SSSR count). The third kappa shape index (κ3) is 4.64. The zero-order chi connectivity index (χ0) is 7.40. The number of carboxylic acid groups (broad SMARTS) is 1. The van der Waals surface area contributed by atoms with Crippen molar-refractivity contribution in [2.24, 2.45) is 5.92 Å². The van der Waals surface area contributed by atoms with Gasteiger partial charge >= 0.3 is 29.0 Å². The Morgan fingerprint density at radius 1 is 1.36 bits per heavy atom. The normalized spacial score (nSPS) is 18.9. The van der Waals surface area contributed by atoms with Crippen molar-refractivity contribution in [3.05, 3.63) is 0 Å². The minimum Gasteiger partial charge on any atom is -1.00 e. The summed E-state index contributed by atoms with van der Waals surface area (Å²) in [6.45, 7) is 0. The maximum absolute atomic E-state index is 10.3. The third-order valence-electron chi connectivity index (χ3n) is 2.19. The molecule has 0 amide bonds. The Morgan fingerprint density at radius 3 is 2.36 bits per heavy atom. The maximum Gasteiger partial charge on any atom is 2.00 e. The minimum atomic E-state index is -0.632. The summed E-state index contributed by atoms with van der Waals surface area (Å²) in [5.41, 5.74) is 0. The SMILES string of the molecule is O=C(O)CC1CCCCC1.[H-].[H-].[Mg+2]. The van der Waals surface area contributed by atoms with Crippen molar-refractivity contribution in [1.82, 2.24) is 0 Å². The molecular weight excluding hydrogens is 152 g/mol. The summed E-state index contributed by atoms with van der Waals surface area (Å²) >= 11 is 0. The summed E-state index contributed by atoms with van der Waals surface area (Å²) in [5.74, 6) is -0.154. The van der Waals surface area contributed by atoms with Gasteiger partial charge < -0.3 is 7.96 Å². The monoisotopic (exact) mass is 168 g/mol. The van der Waals surface area contributed by atoms with Crippen molar-refractivity contribution in [2.75, 3.05) is 0 Å². The second kappa shape index (κ2) is 5.83. The fourth-order valence-electron chi connectivity index (χ4n) is 1.64. The van der Waals surface area contributed by atoms with Crippen LogP contribution in [0.1, 0.15) is 41.4 Å². The molecule has 62 valence electrons. The molecule has 11 heavy (non-hydrogen) atoms. The van der Waals surface area contributed by atoms with Gasteiger partial charge in [-0.25, -0.2) is 0 Å². The van der Waals surface area contributed by atoms with Crippen molar-refractivity contribution in [1.29, 1.82) is 0 Å². The van der Waals surface area contributed by atoms with E-state index in [1.165, 1.54) is 19.3 Å². The van der Waals surface area contributed by atoms with Crippen molar-refractivity contribution >= 4 is 29.0 Å². The first-order valence-electron chi connectivity index (χ1n) is 4.01. The van der Waals surface area contributed by atoms with Crippen LogP contribution in [0.3, 0.4) is 0 Å². The molecule has 0 spiro atoms. The summed E-state index contributed by atoms with van der Waals surface area (Å²) in [4.78, 5) is 10.3. The van der Waals surface area contributed by atoms with Gasteiger partial charge in [0.25, 0.3) is 0 Å². The van der Waals surface area contributed by atoms with Crippen molar-refractivity contribution in [3.63, 3.8) is 0 Å². The Kier molecular flexibility index (Phi) is 5.96. The standard InChI is InChI=1S/C8H14O2.Mg.2H/c9-8(10)6-7-4-2-1-3-5-7;;;/h7H,1-6H2,(H,9,10);;;/q;+2;2*-1. The predicted octanol–water partition coefficient (Wildman–Crippen LogP) is 1.89. The van der Waals surface area contributed by atoms with Crippen LogP contribution >= 0.6 is 0 Å². The molecule has 0 saturated heterocycles. The van der Waals surface area contributed by atoms with Crippen LogP contribution in [-0.4, -0.2) is 34.1 Å². The van der Waals surface area contributed by atoms with Gasteiger partial charge in [-0.3, -0.25) is 4.79 Å². The Bertz CT molecular complexity index is 127. The molecule has 1 aliphatic rings. The number of hydrogen-bond donors (Lipinski definition) is 1. The minimum absolute atomic E-state index is 0. The Balaban J connectivity index is -0.000000333. The smallest absolute Gasteiger partial charge is 1.00 e. The molecule has 0 aliphatic heterocycles. The topological polar surface area (TPSA) is 37.3 Å². The summed E-state index contributed by atoms with van der Waals surface area (Å²) in [6.07, 6.45) is 6.42. The van der Waals surface area contributed by atoms with Crippen LogP contribution < -0.4 is 0 Å². The van der Waals surface area contributed by atoms with E-state index in [-0.39, 0.29) is 25.9 Å². The van der Waals surface area contributed by atoms with Gasteiger partial charge in [-0.05, 0) is 18.8 Å². The molecule has 3 heteroatoms. The zero-order valence-corrected chi connectivity index (χ0v) is 8.30. The molecule has 2 nitrogen and oxygen atoms in total. The predicted molar refractivity (Wildman–Crippen MR) is 46.8 cm³/mol. The molecule has 1 fully saturated rings. The number of carboxylic acids is 1. The number of carbonyl (C=O) groups is 1. The molecule has 0 aromatic carbocycles. The first-order chi connectivity index (χ1) is 4.79. The van der Waals surface area contributed by atoms with Crippen molar-refractivity contribution < 1.29 is 12.8 Å². The molecule has 0 atom stereocenters. The second-order valence-electron chi connectivity index (χ2n) is 3.10. The van der Waals surface area contributed by atoms with Crippen LogP contribution in [0.15, 0.2) is 0 Å². The number of hydrogen-bond acceptors (Lipinski definition) is 1. The second-order valence-corrected chi connectivity index (χ2v) is 3.10. The number of aliphatic carboxylic acids is 1. The van der Waals surface area contributed by atoms with Gasteiger partial charge in [0.1, 0.15) is 0 Å². The Morgan fingerprint density at radius 2 is 1.91 bits per heavy atom. The third-order valence-corrected chi connectivity index (χ3v) is 2.19. The maximum atomic E-state index is 10.3. The van der Waals surface area contributed by atoms with Gasteiger partial charge in [0.05, 0.1) is 0 Å². The first-order valence-corrected chi connectivity index (χ1v) is 4.01. The van der Waals surface area contributed by atoms with E-state index in [2.05, 4.69) is 0 Å². The van der Waals surface area contributed by atoms with Gasteiger partial charge in [0.15, 0.2) is 0 Å². The van der Waals surface area contributed by atoms with Crippen LogP contribution in [0.4, 0.5) is 0 Å². The molecule has 1 saturated carbocycles. The van der Waals surface area contributed by atoms with Crippen molar-refractivity contribution in [2.45, 2.75) is 38.5 Å². The molecular formula is C8H16MgO2. The van der Waals surface area contributed by atoms with Gasteiger partial charge in [-0.1, -0.05) is 19.3 Å².